The summed E-state index contributed by atoms with van der Waals surface area (Å²) in [5.41, 5.74) is 2.68. The third-order valence-electron chi connectivity index (χ3n) is 8.80. The molecule has 0 N–H and O–H groups in total. The van der Waals surface area contributed by atoms with Crippen LogP contribution in [-0.4, -0.2) is 91.9 Å². The van der Waals surface area contributed by atoms with Crippen molar-refractivity contribution in [3.8, 4) is 0 Å². The Kier molecular flexibility index (Phi) is 15.3. The monoisotopic (exact) mass is 764 g/mol. The van der Waals surface area contributed by atoms with Crippen LogP contribution < -0.4 is 0 Å². The van der Waals surface area contributed by atoms with Crippen LogP contribution in [0.25, 0.3) is 0 Å². The summed E-state index contributed by atoms with van der Waals surface area (Å²) < 4.78 is 61.2. The molecule has 2 saturated heterocycles. The van der Waals surface area contributed by atoms with Crippen molar-refractivity contribution in [1.82, 2.24) is 0 Å². The van der Waals surface area contributed by atoms with Gasteiger partial charge in [0, 0.05) is 27.7 Å². The molecule has 0 saturated carbocycles. The van der Waals surface area contributed by atoms with E-state index >= 15 is 0 Å². The Bertz CT molecular complexity index is 1670. The highest BCUT2D eigenvalue weighted by Crippen LogP contribution is 2.36. The average Bonchev–Trinajstić information content (AvgIpc) is 3.15. The van der Waals surface area contributed by atoms with Crippen LogP contribution in [0, 0.1) is 0 Å². The van der Waals surface area contributed by atoms with Gasteiger partial charge in [-0.3, -0.25) is 19.2 Å². The number of carbonyl (C=O) groups is 4. The van der Waals surface area contributed by atoms with Gasteiger partial charge in [-0.05, 0) is 23.6 Å². The van der Waals surface area contributed by atoms with Gasteiger partial charge in [0.1, 0.15) is 31.0 Å². The summed E-state index contributed by atoms with van der Waals surface area (Å²) in [5, 5.41) is 0. The number of carbonyl (C=O) groups excluding carboxylic acids is 4. The fourth-order valence-corrected chi connectivity index (χ4v) is 6.41. The highest BCUT2D eigenvalue weighted by Gasteiger charge is 2.56. The van der Waals surface area contributed by atoms with Crippen LogP contribution in [0.15, 0.2) is 91.0 Å². The Morgan fingerprint density at radius 2 is 0.945 bits per heavy atom. The number of hydrogen-bond donors (Lipinski definition) is 0. The van der Waals surface area contributed by atoms with Crippen molar-refractivity contribution >= 4 is 23.9 Å². The fourth-order valence-electron chi connectivity index (χ4n) is 6.41. The number of rotatable bonds is 16. The van der Waals surface area contributed by atoms with Crippen LogP contribution in [0.5, 0.6) is 0 Å². The van der Waals surface area contributed by atoms with E-state index in [9.17, 15) is 19.2 Å². The van der Waals surface area contributed by atoms with Crippen LogP contribution in [0.2, 0.25) is 0 Å². The SMILES string of the molecule is CC(=O)OC[C@H]1O[C@H](OC(C)=O)[C@H](O[C@@H]2O[C@@H](C)[C@@H](OCc3ccccc3)[C@@H](OCc3ccccc3)[C@@H]2OCc2ccccc2)[C@@H](OC(C)=O)[C@H]1OC(C)=O. The standard InChI is InChI=1S/C41H48O14/c1-25-34(47-21-30-15-9-6-10-16-30)36(48-22-31-17-11-7-12-18-31)38(49-23-32-19-13-8-14-20-32)40(50-25)55-39-37(52-28(4)44)35(51-27(3)43)33(24-46-26(2)42)54-41(39)53-29(5)45/h6-20,25,33-41H,21-24H2,1-5H3/t25-,33+,34+,35-,36+,37-,38-,39+,40-,41-/m0/s1. The van der Waals surface area contributed by atoms with Gasteiger partial charge < -0.3 is 47.4 Å². The maximum atomic E-state index is 12.6. The van der Waals surface area contributed by atoms with E-state index in [1.54, 1.807) is 6.92 Å². The number of benzene rings is 3. The van der Waals surface area contributed by atoms with Crippen LogP contribution in [0.3, 0.4) is 0 Å². The van der Waals surface area contributed by atoms with Gasteiger partial charge in [-0.15, -0.1) is 0 Å². The summed E-state index contributed by atoms with van der Waals surface area (Å²) in [5.74, 6) is -2.92. The van der Waals surface area contributed by atoms with E-state index in [0.29, 0.717) is 0 Å². The third-order valence-corrected chi connectivity index (χ3v) is 8.80. The lowest BCUT2D eigenvalue weighted by atomic mass is 9.96. The molecule has 0 unspecified atom stereocenters. The quantitative estimate of drug-likeness (QED) is 0.147. The molecule has 0 amide bonds. The molecular weight excluding hydrogens is 716 g/mol. The van der Waals surface area contributed by atoms with Gasteiger partial charge in [0.2, 0.25) is 6.29 Å². The molecule has 0 radical (unpaired) electrons. The number of ether oxygens (including phenoxy) is 10. The Labute approximate surface area is 320 Å². The second-order valence-corrected chi connectivity index (χ2v) is 13.2. The zero-order chi connectivity index (χ0) is 39.3. The largest absolute Gasteiger partial charge is 0.463 e. The highest BCUT2D eigenvalue weighted by atomic mass is 16.8. The molecule has 2 heterocycles. The molecule has 0 aromatic heterocycles. The van der Waals surface area contributed by atoms with Gasteiger partial charge >= 0.3 is 23.9 Å². The lowest BCUT2D eigenvalue weighted by molar-refractivity contribution is -0.370. The van der Waals surface area contributed by atoms with Crippen molar-refractivity contribution in [3.05, 3.63) is 108 Å². The van der Waals surface area contributed by atoms with E-state index < -0.39 is 91.9 Å². The zero-order valence-corrected chi connectivity index (χ0v) is 31.5. The normalized spacial score (nSPS) is 27.7. The van der Waals surface area contributed by atoms with Crippen molar-refractivity contribution in [3.63, 3.8) is 0 Å². The van der Waals surface area contributed by atoms with Crippen molar-refractivity contribution < 1.29 is 66.5 Å². The van der Waals surface area contributed by atoms with Crippen molar-refractivity contribution in [1.29, 1.82) is 0 Å². The number of esters is 4. The second-order valence-electron chi connectivity index (χ2n) is 13.2. The molecule has 5 rings (SSSR count). The fraction of sp³-hybridized carbons (Fsp3) is 0.463. The minimum absolute atomic E-state index is 0.113. The van der Waals surface area contributed by atoms with E-state index in [1.807, 2.05) is 91.0 Å². The Morgan fingerprint density at radius 3 is 1.42 bits per heavy atom. The third kappa shape index (κ3) is 12.1. The molecule has 2 aliphatic heterocycles. The minimum Gasteiger partial charge on any atom is -0.463 e. The predicted molar refractivity (Wildman–Crippen MR) is 192 cm³/mol. The molecule has 3 aromatic rings. The molecular formula is C41H48O14. The molecule has 3 aromatic carbocycles. The molecule has 10 atom stereocenters. The smallest absolute Gasteiger partial charge is 0.305 e. The lowest BCUT2D eigenvalue weighted by Crippen LogP contribution is -2.66. The van der Waals surface area contributed by atoms with E-state index in [1.165, 1.54) is 6.92 Å². The summed E-state index contributed by atoms with van der Waals surface area (Å²) in [4.78, 5) is 49.3. The summed E-state index contributed by atoms with van der Waals surface area (Å²) in [6, 6.07) is 28.7. The van der Waals surface area contributed by atoms with E-state index in [2.05, 4.69) is 0 Å². The molecule has 2 fully saturated rings. The topological polar surface area (TPSA) is 161 Å². The van der Waals surface area contributed by atoms with Crippen LogP contribution >= 0.6 is 0 Å². The molecule has 55 heavy (non-hydrogen) atoms. The summed E-state index contributed by atoms with van der Waals surface area (Å²) >= 11 is 0. The molecule has 0 bridgehead atoms. The molecule has 0 aliphatic carbocycles. The van der Waals surface area contributed by atoms with Crippen LogP contribution in [0.4, 0.5) is 0 Å². The predicted octanol–water partition coefficient (Wildman–Crippen LogP) is 4.59. The first-order chi connectivity index (χ1) is 26.5. The van der Waals surface area contributed by atoms with Crippen molar-refractivity contribution in [2.45, 2.75) is 116 Å². The molecule has 14 heteroatoms. The number of hydrogen-bond acceptors (Lipinski definition) is 14. The van der Waals surface area contributed by atoms with Crippen molar-refractivity contribution in [2.75, 3.05) is 6.61 Å². The molecule has 296 valence electrons. The van der Waals surface area contributed by atoms with Crippen LogP contribution in [0.1, 0.15) is 51.3 Å². The summed E-state index contributed by atoms with van der Waals surface area (Å²) in [7, 11) is 0. The zero-order valence-electron chi connectivity index (χ0n) is 31.5. The summed E-state index contributed by atoms with van der Waals surface area (Å²) in [6.07, 6.45) is -11.5. The maximum Gasteiger partial charge on any atom is 0.305 e. The average molecular weight is 765 g/mol. The van der Waals surface area contributed by atoms with Crippen molar-refractivity contribution in [2.24, 2.45) is 0 Å². The van der Waals surface area contributed by atoms with Gasteiger partial charge in [0.15, 0.2) is 24.6 Å². The Hall–Kier alpha value is -4.70. The lowest BCUT2D eigenvalue weighted by Gasteiger charge is -2.49. The van der Waals surface area contributed by atoms with Gasteiger partial charge in [-0.1, -0.05) is 91.0 Å². The minimum atomic E-state index is -1.56. The van der Waals surface area contributed by atoms with Gasteiger partial charge in [-0.25, -0.2) is 0 Å². The van der Waals surface area contributed by atoms with E-state index in [-0.39, 0.29) is 19.8 Å². The highest BCUT2D eigenvalue weighted by molar-refractivity contribution is 5.68. The van der Waals surface area contributed by atoms with Gasteiger partial charge in [0.25, 0.3) is 0 Å². The van der Waals surface area contributed by atoms with Crippen LogP contribution in [-0.2, 0) is 86.4 Å². The second kappa shape index (κ2) is 20.3. The molecule has 2 aliphatic rings. The Balaban J connectivity index is 1.53. The first kappa shape index (κ1) is 41.5. The Morgan fingerprint density at radius 1 is 0.491 bits per heavy atom. The molecule has 0 spiro atoms. The van der Waals surface area contributed by atoms with Gasteiger partial charge in [-0.2, -0.15) is 0 Å². The van der Waals surface area contributed by atoms with E-state index in [4.69, 9.17) is 47.4 Å². The first-order valence-electron chi connectivity index (χ1n) is 18.1. The first-order valence-corrected chi connectivity index (χ1v) is 18.1. The summed E-state index contributed by atoms with van der Waals surface area (Å²) in [6.45, 7) is 6.59. The maximum absolute atomic E-state index is 12.6. The van der Waals surface area contributed by atoms with Gasteiger partial charge in [0.05, 0.1) is 25.9 Å². The molecule has 14 nitrogen and oxygen atoms in total. The van der Waals surface area contributed by atoms with E-state index in [0.717, 1.165) is 37.5 Å².